The minimum Gasteiger partial charge on any atom is -0.480 e. The Morgan fingerprint density at radius 1 is 1.46 bits per heavy atom. The molecule has 2 aliphatic rings. The predicted molar refractivity (Wildman–Crippen MR) is 49.5 cm³/mol. The van der Waals surface area contributed by atoms with Crippen LogP contribution in [0.1, 0.15) is 26.2 Å². The molecule has 0 spiro atoms. The molecule has 1 saturated heterocycles. The summed E-state index contributed by atoms with van der Waals surface area (Å²) in [4.78, 5) is 13.2. The molecule has 2 unspecified atom stereocenters. The SMILES string of the molecule is CC1CCN(C(C(=O)O)C2CC2)C1. The van der Waals surface area contributed by atoms with Crippen LogP contribution >= 0.6 is 0 Å². The highest BCUT2D eigenvalue weighted by atomic mass is 16.4. The number of likely N-dealkylation sites (tertiary alicyclic amines) is 1. The van der Waals surface area contributed by atoms with E-state index in [4.69, 9.17) is 5.11 Å². The van der Waals surface area contributed by atoms with Crippen LogP contribution in [0.4, 0.5) is 0 Å². The molecule has 1 saturated carbocycles. The van der Waals surface area contributed by atoms with E-state index in [1.165, 1.54) is 0 Å². The van der Waals surface area contributed by atoms with Crippen LogP contribution in [0.3, 0.4) is 0 Å². The topological polar surface area (TPSA) is 40.5 Å². The highest BCUT2D eigenvalue weighted by Crippen LogP contribution is 2.37. The maximum absolute atomic E-state index is 11.0. The van der Waals surface area contributed by atoms with Crippen molar-refractivity contribution >= 4 is 5.97 Å². The third kappa shape index (κ3) is 1.85. The van der Waals surface area contributed by atoms with Crippen LogP contribution in [-0.4, -0.2) is 35.1 Å². The molecule has 2 fully saturated rings. The summed E-state index contributed by atoms with van der Waals surface area (Å²) in [5, 5.41) is 9.09. The van der Waals surface area contributed by atoms with E-state index in [1.54, 1.807) is 0 Å². The lowest BCUT2D eigenvalue weighted by Crippen LogP contribution is -2.41. The quantitative estimate of drug-likeness (QED) is 0.714. The van der Waals surface area contributed by atoms with Crippen LogP contribution in [0.5, 0.6) is 0 Å². The Hall–Kier alpha value is -0.570. The van der Waals surface area contributed by atoms with Crippen LogP contribution in [-0.2, 0) is 4.79 Å². The Labute approximate surface area is 78.7 Å². The van der Waals surface area contributed by atoms with Gasteiger partial charge >= 0.3 is 5.97 Å². The van der Waals surface area contributed by atoms with E-state index in [0.717, 1.165) is 32.4 Å². The molecule has 1 aliphatic carbocycles. The highest BCUT2D eigenvalue weighted by molar-refractivity contribution is 5.74. The van der Waals surface area contributed by atoms with Crippen molar-refractivity contribution in [3.8, 4) is 0 Å². The van der Waals surface area contributed by atoms with Gasteiger partial charge < -0.3 is 5.11 Å². The predicted octanol–water partition coefficient (Wildman–Crippen LogP) is 1.19. The molecule has 3 heteroatoms. The number of hydrogen-bond acceptors (Lipinski definition) is 2. The summed E-state index contributed by atoms with van der Waals surface area (Å²) in [6, 6.07) is -0.176. The van der Waals surface area contributed by atoms with Crippen LogP contribution in [0.15, 0.2) is 0 Å². The molecule has 1 aliphatic heterocycles. The van der Waals surface area contributed by atoms with Crippen molar-refractivity contribution in [3.63, 3.8) is 0 Å². The number of aliphatic carboxylic acids is 1. The van der Waals surface area contributed by atoms with Crippen molar-refractivity contribution in [1.82, 2.24) is 4.90 Å². The second kappa shape index (κ2) is 3.29. The minimum absolute atomic E-state index is 0.176. The van der Waals surface area contributed by atoms with Gasteiger partial charge in [-0.15, -0.1) is 0 Å². The average Bonchev–Trinajstić information content (AvgIpc) is 2.76. The summed E-state index contributed by atoms with van der Waals surface area (Å²) >= 11 is 0. The molecule has 1 N–H and O–H groups in total. The molecule has 0 radical (unpaired) electrons. The maximum Gasteiger partial charge on any atom is 0.321 e. The third-order valence-corrected chi connectivity index (χ3v) is 3.17. The zero-order chi connectivity index (χ0) is 9.42. The third-order valence-electron chi connectivity index (χ3n) is 3.17. The molecule has 0 aromatic heterocycles. The Morgan fingerprint density at radius 3 is 2.54 bits per heavy atom. The lowest BCUT2D eigenvalue weighted by molar-refractivity contribution is -0.143. The van der Waals surface area contributed by atoms with Gasteiger partial charge in [0.05, 0.1) is 0 Å². The fraction of sp³-hybridized carbons (Fsp3) is 0.900. The maximum atomic E-state index is 11.0. The van der Waals surface area contributed by atoms with E-state index in [-0.39, 0.29) is 6.04 Å². The molecule has 0 bridgehead atoms. The van der Waals surface area contributed by atoms with Crippen LogP contribution in [0, 0.1) is 11.8 Å². The van der Waals surface area contributed by atoms with Gasteiger partial charge in [0.15, 0.2) is 0 Å². The lowest BCUT2D eigenvalue weighted by Gasteiger charge is -2.23. The molecule has 13 heavy (non-hydrogen) atoms. The largest absolute Gasteiger partial charge is 0.480 e. The first-order valence-electron chi connectivity index (χ1n) is 5.15. The molecule has 1 heterocycles. The smallest absolute Gasteiger partial charge is 0.321 e. The fourth-order valence-electron chi connectivity index (χ4n) is 2.29. The monoisotopic (exact) mass is 183 g/mol. The van der Waals surface area contributed by atoms with Gasteiger partial charge in [0.2, 0.25) is 0 Å². The molecule has 3 nitrogen and oxygen atoms in total. The molecule has 2 atom stereocenters. The Kier molecular flexibility index (Phi) is 2.28. The summed E-state index contributed by atoms with van der Waals surface area (Å²) in [5.74, 6) is 0.514. The van der Waals surface area contributed by atoms with Crippen molar-refractivity contribution in [2.45, 2.75) is 32.2 Å². The summed E-state index contributed by atoms with van der Waals surface area (Å²) in [5.41, 5.74) is 0. The second-order valence-electron chi connectivity index (χ2n) is 4.51. The van der Waals surface area contributed by atoms with Gasteiger partial charge in [-0.05, 0) is 37.6 Å². The van der Waals surface area contributed by atoms with Gasteiger partial charge in [-0.3, -0.25) is 9.69 Å². The van der Waals surface area contributed by atoms with Gasteiger partial charge in [0.25, 0.3) is 0 Å². The number of nitrogens with zero attached hydrogens (tertiary/aromatic N) is 1. The highest BCUT2D eigenvalue weighted by Gasteiger charge is 2.41. The van der Waals surface area contributed by atoms with Crippen molar-refractivity contribution < 1.29 is 9.90 Å². The number of hydrogen-bond donors (Lipinski definition) is 1. The van der Waals surface area contributed by atoms with Crippen molar-refractivity contribution in [1.29, 1.82) is 0 Å². The first kappa shape index (κ1) is 9.00. The van der Waals surface area contributed by atoms with Crippen LogP contribution in [0.25, 0.3) is 0 Å². The Bertz CT molecular complexity index is 213. The van der Waals surface area contributed by atoms with Gasteiger partial charge in [-0.2, -0.15) is 0 Å². The molecular formula is C10H17NO2. The molecule has 0 aromatic rings. The average molecular weight is 183 g/mol. The molecule has 2 rings (SSSR count). The van der Waals surface area contributed by atoms with E-state index in [0.29, 0.717) is 11.8 Å². The standard InChI is InChI=1S/C10H17NO2/c1-7-4-5-11(6-7)9(10(12)13)8-2-3-8/h7-9H,2-6H2,1H3,(H,12,13). The van der Waals surface area contributed by atoms with Gasteiger partial charge in [-0.1, -0.05) is 6.92 Å². The van der Waals surface area contributed by atoms with Crippen molar-refractivity contribution in [2.75, 3.05) is 13.1 Å². The van der Waals surface area contributed by atoms with Gasteiger partial charge in [0, 0.05) is 6.54 Å². The van der Waals surface area contributed by atoms with E-state index < -0.39 is 5.97 Å². The number of carboxylic acids is 1. The summed E-state index contributed by atoms with van der Waals surface area (Å²) in [6.45, 7) is 4.16. The van der Waals surface area contributed by atoms with Crippen LogP contribution < -0.4 is 0 Å². The van der Waals surface area contributed by atoms with Crippen molar-refractivity contribution in [2.24, 2.45) is 11.8 Å². The van der Waals surface area contributed by atoms with E-state index in [1.807, 2.05) is 0 Å². The normalized spacial score (nSPS) is 31.9. The van der Waals surface area contributed by atoms with Crippen molar-refractivity contribution in [3.05, 3.63) is 0 Å². The Morgan fingerprint density at radius 2 is 2.15 bits per heavy atom. The van der Waals surface area contributed by atoms with Crippen LogP contribution in [0.2, 0.25) is 0 Å². The molecule has 0 aromatic carbocycles. The van der Waals surface area contributed by atoms with Gasteiger partial charge in [-0.25, -0.2) is 0 Å². The first-order valence-corrected chi connectivity index (χ1v) is 5.15. The second-order valence-corrected chi connectivity index (χ2v) is 4.51. The van der Waals surface area contributed by atoms with E-state index >= 15 is 0 Å². The zero-order valence-electron chi connectivity index (χ0n) is 8.07. The summed E-state index contributed by atoms with van der Waals surface area (Å²) in [6.07, 6.45) is 3.39. The molecule has 74 valence electrons. The van der Waals surface area contributed by atoms with E-state index in [9.17, 15) is 4.79 Å². The zero-order valence-corrected chi connectivity index (χ0v) is 8.07. The molecule has 0 amide bonds. The summed E-state index contributed by atoms with van der Waals surface area (Å²) < 4.78 is 0. The number of carboxylic acid groups (broad SMARTS) is 1. The Balaban J connectivity index is 1.98. The fourth-order valence-corrected chi connectivity index (χ4v) is 2.29. The lowest BCUT2D eigenvalue weighted by atomic mass is 10.1. The number of carbonyl (C=O) groups is 1. The summed E-state index contributed by atoms with van der Waals surface area (Å²) in [7, 11) is 0. The minimum atomic E-state index is -0.614. The molecular weight excluding hydrogens is 166 g/mol. The number of rotatable bonds is 3. The van der Waals surface area contributed by atoms with E-state index in [2.05, 4.69) is 11.8 Å². The van der Waals surface area contributed by atoms with Gasteiger partial charge in [0.1, 0.15) is 6.04 Å². The first-order chi connectivity index (χ1) is 6.18.